The van der Waals surface area contributed by atoms with Crippen molar-refractivity contribution in [1.82, 2.24) is 0 Å². The minimum absolute atomic E-state index is 0. The molecule has 3 unspecified atom stereocenters. The van der Waals surface area contributed by atoms with Crippen LogP contribution < -0.4 is 0 Å². The Hall–Kier alpha value is 0.583. The summed E-state index contributed by atoms with van der Waals surface area (Å²) in [5, 5.41) is -1.95. The van der Waals surface area contributed by atoms with Gasteiger partial charge in [-0.15, -0.1) is 0 Å². The van der Waals surface area contributed by atoms with Crippen molar-refractivity contribution >= 4 is 59.4 Å². The van der Waals surface area contributed by atoms with Gasteiger partial charge in [0, 0.05) is 19.5 Å². The van der Waals surface area contributed by atoms with Gasteiger partial charge in [0.1, 0.15) is 0 Å². The molecule has 0 bridgehead atoms. The zero-order chi connectivity index (χ0) is 26.1. The molecule has 0 aliphatic carbocycles. The number of rotatable bonds is 16. The summed E-state index contributed by atoms with van der Waals surface area (Å²) in [5.41, 5.74) is 0. The topological polar surface area (TPSA) is 185 Å². The Morgan fingerprint density at radius 3 is 1.54 bits per heavy atom. The molecule has 35 heavy (non-hydrogen) atoms. The van der Waals surface area contributed by atoms with Crippen LogP contribution in [0.2, 0.25) is 0 Å². The third-order valence-corrected chi connectivity index (χ3v) is 6.08. The summed E-state index contributed by atoms with van der Waals surface area (Å²) in [7, 11) is -9.40. The molecule has 15 heteroatoms. The largest absolute Gasteiger partial charge is 0 e. The molecule has 0 rings (SSSR count). The number of hydrogen-bond acceptors (Lipinski definition) is 7. The van der Waals surface area contributed by atoms with Crippen molar-refractivity contribution in [2.75, 3.05) is 13.2 Å². The molecule has 0 saturated carbocycles. The molecule has 0 aliphatic rings. The second-order valence-corrected chi connectivity index (χ2v) is 10.5. The van der Waals surface area contributed by atoms with Gasteiger partial charge < -0.3 is 24.2 Å². The van der Waals surface area contributed by atoms with Gasteiger partial charge in [0.05, 0.1) is 19.6 Å². The van der Waals surface area contributed by atoms with Crippen molar-refractivity contribution in [3.8, 4) is 0 Å². The third kappa shape index (κ3) is 27.4. The minimum Gasteiger partial charge on any atom is 0 e. The number of carbonyl (C=O) groups is 2. The summed E-state index contributed by atoms with van der Waals surface area (Å²) in [4.78, 5) is 45.8. The Kier molecular flexibility index (Phi) is 28.9. The first-order valence-corrected chi connectivity index (χ1v) is 14.3. The summed E-state index contributed by atoms with van der Waals surface area (Å²) in [6.07, 6.45) is 6.74. The van der Waals surface area contributed by atoms with E-state index in [-0.39, 0.29) is 74.1 Å². The second kappa shape index (κ2) is 23.7. The van der Waals surface area contributed by atoms with Gasteiger partial charge in [-0.05, 0) is 24.7 Å². The molecule has 0 fully saturated rings. The van der Waals surface area contributed by atoms with E-state index in [1.807, 2.05) is 13.8 Å². The van der Waals surface area contributed by atoms with Crippen molar-refractivity contribution in [2.24, 2.45) is 11.8 Å². The summed E-state index contributed by atoms with van der Waals surface area (Å²) in [5.74, 6) is -1.61. The van der Waals surface area contributed by atoms with Gasteiger partial charge in [-0.25, -0.2) is 4.57 Å². The molecule has 0 aromatic heterocycles. The van der Waals surface area contributed by atoms with Crippen molar-refractivity contribution in [3.63, 3.8) is 0 Å². The molecular weight excluding hydrogens is 568 g/mol. The third-order valence-electron chi connectivity index (χ3n) is 5.00. The van der Waals surface area contributed by atoms with E-state index in [1.165, 1.54) is 0 Å². The Morgan fingerprint density at radius 2 is 1.23 bits per heavy atom. The Balaban J connectivity index is -0.000000619. The van der Waals surface area contributed by atoms with Crippen LogP contribution in [-0.4, -0.2) is 87.6 Å². The van der Waals surface area contributed by atoms with Gasteiger partial charge in [0.15, 0.2) is 5.25 Å². The van der Waals surface area contributed by atoms with Crippen LogP contribution in [0.15, 0.2) is 0 Å². The van der Waals surface area contributed by atoms with Crippen molar-refractivity contribution in [2.45, 2.75) is 90.7 Å². The van der Waals surface area contributed by atoms with Gasteiger partial charge in [0.25, 0.3) is 10.1 Å². The van der Waals surface area contributed by atoms with Crippen LogP contribution in [0.3, 0.4) is 0 Å². The molecule has 0 aromatic rings. The maximum absolute atomic E-state index is 12.2. The molecule has 4 N–H and O–H groups in total. The van der Waals surface area contributed by atoms with Crippen LogP contribution in [0.25, 0.3) is 0 Å². The number of ether oxygens (including phenoxy) is 2. The fourth-order valence-corrected chi connectivity index (χ4v) is 3.48. The van der Waals surface area contributed by atoms with Crippen LogP contribution in [-0.2, 0) is 53.2 Å². The fraction of sp³-hybridized carbons (Fsp3) is 0.900. The summed E-state index contributed by atoms with van der Waals surface area (Å²) < 4.78 is 51.6. The van der Waals surface area contributed by atoms with Gasteiger partial charge in [0.2, 0.25) is 0 Å². The minimum atomic E-state index is -4.76. The zero-order valence-corrected chi connectivity index (χ0v) is 25.4. The molecular formula is C20H42NaO11PSZn. The SMILES string of the molecule is CCCCC(CC)COC(=O)CC(C(=O)OCC(CC)CCCC)S(=O)(=O)O.O=P(O)(O)O.[NaH].[Zn]. The fourth-order valence-electron chi connectivity index (χ4n) is 2.82. The second-order valence-electron chi connectivity index (χ2n) is 7.87. The Labute approximate surface area is 244 Å². The maximum Gasteiger partial charge on any atom is 0 e. The molecule has 0 saturated heterocycles. The molecule has 0 spiro atoms. The molecule has 0 heterocycles. The van der Waals surface area contributed by atoms with E-state index in [1.54, 1.807) is 0 Å². The molecule has 11 nitrogen and oxygen atoms in total. The number of esters is 2. The van der Waals surface area contributed by atoms with Crippen LogP contribution in [0, 0.1) is 11.8 Å². The quantitative estimate of drug-likeness (QED) is 0.0872. The van der Waals surface area contributed by atoms with Gasteiger partial charge in [-0.1, -0.05) is 66.2 Å². The van der Waals surface area contributed by atoms with E-state index < -0.39 is 41.6 Å². The number of hydrogen-bond donors (Lipinski definition) is 4. The smallest absolute Gasteiger partial charge is 0 e. The molecule has 0 radical (unpaired) electrons. The van der Waals surface area contributed by atoms with E-state index in [4.69, 9.17) is 28.7 Å². The van der Waals surface area contributed by atoms with E-state index >= 15 is 0 Å². The van der Waals surface area contributed by atoms with Crippen molar-refractivity contribution in [1.29, 1.82) is 0 Å². The molecule has 0 aromatic carbocycles. The summed E-state index contributed by atoms with van der Waals surface area (Å²) in [6, 6.07) is 0. The summed E-state index contributed by atoms with van der Waals surface area (Å²) >= 11 is 0. The van der Waals surface area contributed by atoms with Crippen molar-refractivity contribution in [3.05, 3.63) is 0 Å². The predicted octanol–water partition coefficient (Wildman–Crippen LogP) is 2.57. The first kappa shape index (κ1) is 42.7. The van der Waals surface area contributed by atoms with Gasteiger partial charge in [-0.2, -0.15) is 8.42 Å². The van der Waals surface area contributed by atoms with Gasteiger partial charge in [-0.3, -0.25) is 14.1 Å². The first-order valence-electron chi connectivity index (χ1n) is 11.3. The molecule has 0 amide bonds. The number of unbranched alkanes of at least 4 members (excludes halogenated alkanes) is 2. The molecule has 3 atom stereocenters. The van der Waals surface area contributed by atoms with Crippen LogP contribution in [0.4, 0.5) is 0 Å². The van der Waals surface area contributed by atoms with Crippen LogP contribution in [0.5, 0.6) is 0 Å². The van der Waals surface area contributed by atoms with Crippen molar-refractivity contribution < 1.29 is 70.8 Å². The average Bonchev–Trinajstić information content (AvgIpc) is 2.70. The predicted molar refractivity (Wildman–Crippen MR) is 130 cm³/mol. The van der Waals surface area contributed by atoms with Gasteiger partial charge >= 0.3 is 49.3 Å². The van der Waals surface area contributed by atoms with E-state index in [2.05, 4.69) is 13.8 Å². The standard InChI is InChI=1S/C20H38O7S.Na.H3O4P.Zn.H/c1-5-9-11-16(7-3)14-26-19(21)13-18(28(23,24)25)20(22)27-15-17(8-4)12-10-6-2;;1-5(2,3)4;;/h16-18H,5-15H2,1-4H3,(H,23,24,25);;(H3,1,2,3,4);;. The molecule has 0 aliphatic heterocycles. The monoisotopic (exact) mass is 608 g/mol. The number of phosphoric acid groups is 1. The average molecular weight is 610 g/mol. The Morgan fingerprint density at radius 1 is 0.857 bits per heavy atom. The van der Waals surface area contributed by atoms with E-state index in [0.717, 1.165) is 51.4 Å². The normalized spacial score (nSPS) is 13.6. The molecule has 202 valence electrons. The Bertz CT molecular complexity index is 695. The number of carbonyl (C=O) groups excluding carboxylic acids is 2. The maximum atomic E-state index is 12.2. The summed E-state index contributed by atoms with van der Waals surface area (Å²) in [6.45, 7) is 8.35. The van der Waals surface area contributed by atoms with Crippen LogP contribution >= 0.6 is 7.82 Å². The van der Waals surface area contributed by atoms with E-state index in [0.29, 0.717) is 0 Å². The van der Waals surface area contributed by atoms with Crippen LogP contribution in [0.1, 0.15) is 85.5 Å². The first-order chi connectivity index (χ1) is 15.2. The van der Waals surface area contributed by atoms with E-state index in [9.17, 15) is 22.6 Å². The zero-order valence-electron chi connectivity index (χ0n) is 20.7.